The van der Waals surface area contributed by atoms with Gasteiger partial charge in [0, 0.05) is 18.7 Å². The van der Waals surface area contributed by atoms with E-state index in [9.17, 15) is 9.59 Å². The summed E-state index contributed by atoms with van der Waals surface area (Å²) in [7, 11) is 0. The Balaban J connectivity index is 1.68. The summed E-state index contributed by atoms with van der Waals surface area (Å²) in [6.45, 7) is 0.389. The third-order valence-corrected chi connectivity index (χ3v) is 4.62. The largest absolute Gasteiger partial charge is 0.369 e. The average Bonchev–Trinajstić information content (AvgIpc) is 3.07. The maximum Gasteiger partial charge on any atom is 0.227 e. The molecular formula is C18H16N2O2. The van der Waals surface area contributed by atoms with E-state index in [1.807, 2.05) is 18.2 Å². The number of carbonyl (C=O) groups excluding carboxylic acids is 2. The Morgan fingerprint density at radius 2 is 1.86 bits per heavy atom. The summed E-state index contributed by atoms with van der Waals surface area (Å²) < 4.78 is 0. The van der Waals surface area contributed by atoms with Crippen molar-refractivity contribution in [3.8, 4) is 11.1 Å². The van der Waals surface area contributed by atoms with Gasteiger partial charge in [0.25, 0.3) is 0 Å². The molecule has 1 heterocycles. The van der Waals surface area contributed by atoms with Crippen molar-refractivity contribution < 1.29 is 9.59 Å². The monoisotopic (exact) mass is 292 g/mol. The maximum absolute atomic E-state index is 12.1. The molecular weight excluding hydrogens is 276 g/mol. The van der Waals surface area contributed by atoms with Crippen molar-refractivity contribution in [3.05, 3.63) is 53.6 Å². The Morgan fingerprint density at radius 1 is 1.09 bits per heavy atom. The van der Waals surface area contributed by atoms with Crippen LogP contribution < -0.4 is 10.6 Å². The Kier molecular flexibility index (Phi) is 2.79. The van der Waals surface area contributed by atoms with E-state index in [2.05, 4.69) is 24.3 Å². The van der Waals surface area contributed by atoms with E-state index in [4.69, 9.17) is 5.73 Å². The molecule has 1 aliphatic heterocycles. The van der Waals surface area contributed by atoms with Crippen molar-refractivity contribution >= 4 is 17.5 Å². The predicted octanol–water partition coefficient (Wildman–Crippen LogP) is 2.10. The molecule has 0 unspecified atom stereocenters. The molecule has 22 heavy (non-hydrogen) atoms. The van der Waals surface area contributed by atoms with E-state index in [-0.39, 0.29) is 18.2 Å². The van der Waals surface area contributed by atoms with Crippen molar-refractivity contribution in [3.63, 3.8) is 0 Å². The highest BCUT2D eigenvalue weighted by molar-refractivity contribution is 6.00. The molecule has 4 nitrogen and oxygen atoms in total. The molecule has 0 aromatic heterocycles. The fraction of sp³-hybridized carbons (Fsp3) is 0.222. The number of fused-ring (bicyclic) bond motifs is 3. The summed E-state index contributed by atoms with van der Waals surface area (Å²) in [5.41, 5.74) is 11.2. The Labute approximate surface area is 128 Å². The second kappa shape index (κ2) is 4.70. The number of nitrogens with two attached hydrogens (primary N) is 1. The number of nitrogens with zero attached hydrogens (tertiary/aromatic N) is 1. The molecule has 2 aliphatic rings. The molecule has 1 atom stereocenters. The second-order valence-electron chi connectivity index (χ2n) is 5.98. The highest BCUT2D eigenvalue weighted by Gasteiger charge is 2.34. The van der Waals surface area contributed by atoms with Crippen LogP contribution in [0.15, 0.2) is 42.5 Å². The Bertz CT molecular complexity index is 797. The number of carbonyl (C=O) groups is 2. The minimum atomic E-state index is -0.399. The first kappa shape index (κ1) is 13.1. The zero-order valence-corrected chi connectivity index (χ0v) is 12.1. The number of amides is 2. The molecule has 1 fully saturated rings. The van der Waals surface area contributed by atoms with Crippen LogP contribution in [0.4, 0.5) is 5.69 Å². The number of primary amides is 1. The zero-order chi connectivity index (χ0) is 15.3. The van der Waals surface area contributed by atoms with Gasteiger partial charge in [-0.2, -0.15) is 0 Å². The van der Waals surface area contributed by atoms with Crippen LogP contribution in [0.5, 0.6) is 0 Å². The van der Waals surface area contributed by atoms with E-state index in [0.717, 1.165) is 12.1 Å². The molecule has 110 valence electrons. The molecule has 4 rings (SSSR count). The zero-order valence-electron chi connectivity index (χ0n) is 12.1. The lowest BCUT2D eigenvalue weighted by Gasteiger charge is -2.17. The number of rotatable bonds is 2. The fourth-order valence-corrected chi connectivity index (χ4v) is 3.45. The van der Waals surface area contributed by atoms with Crippen molar-refractivity contribution in [1.29, 1.82) is 0 Å². The number of hydrogen-bond donors (Lipinski definition) is 1. The number of hydrogen-bond acceptors (Lipinski definition) is 2. The summed E-state index contributed by atoms with van der Waals surface area (Å²) in [4.78, 5) is 25.1. The normalized spacial score (nSPS) is 19.2. The smallest absolute Gasteiger partial charge is 0.227 e. The summed E-state index contributed by atoms with van der Waals surface area (Å²) in [6.07, 6.45) is 1.10. The fourth-order valence-electron chi connectivity index (χ4n) is 3.45. The third kappa shape index (κ3) is 1.91. The SMILES string of the molecule is NC(=O)[C@H]1CC(=O)N(c2ccc3c(c2)Cc2ccccc2-3)C1. The van der Waals surface area contributed by atoms with Crippen LogP contribution >= 0.6 is 0 Å². The van der Waals surface area contributed by atoms with Gasteiger partial charge in [0.05, 0.1) is 5.92 Å². The predicted molar refractivity (Wildman–Crippen MR) is 84.3 cm³/mol. The maximum atomic E-state index is 12.1. The third-order valence-electron chi connectivity index (χ3n) is 4.62. The quantitative estimate of drug-likeness (QED) is 0.786. The lowest BCUT2D eigenvalue weighted by atomic mass is 10.1. The van der Waals surface area contributed by atoms with Crippen LogP contribution in [-0.2, 0) is 16.0 Å². The molecule has 2 amide bonds. The minimum absolute atomic E-state index is 0.0285. The van der Waals surface area contributed by atoms with E-state index < -0.39 is 5.91 Å². The van der Waals surface area contributed by atoms with Gasteiger partial charge in [-0.1, -0.05) is 30.3 Å². The first-order chi connectivity index (χ1) is 10.6. The van der Waals surface area contributed by atoms with Gasteiger partial charge in [0.15, 0.2) is 0 Å². The molecule has 2 aromatic rings. The van der Waals surface area contributed by atoms with Gasteiger partial charge in [0.1, 0.15) is 0 Å². The number of benzene rings is 2. The van der Waals surface area contributed by atoms with Crippen molar-refractivity contribution in [1.82, 2.24) is 0 Å². The van der Waals surface area contributed by atoms with Gasteiger partial charge in [-0.25, -0.2) is 0 Å². The van der Waals surface area contributed by atoms with E-state index in [1.54, 1.807) is 4.90 Å². The van der Waals surface area contributed by atoms with Crippen molar-refractivity contribution in [2.75, 3.05) is 11.4 Å². The summed E-state index contributed by atoms with van der Waals surface area (Å²) >= 11 is 0. The Morgan fingerprint density at radius 3 is 2.64 bits per heavy atom. The van der Waals surface area contributed by atoms with Crippen LogP contribution in [0.1, 0.15) is 17.5 Å². The molecule has 4 heteroatoms. The standard InChI is InChI=1S/C18H16N2O2/c19-18(22)13-9-17(21)20(10-13)14-5-6-16-12(8-14)7-11-3-1-2-4-15(11)16/h1-6,8,13H,7,9-10H2,(H2,19,22)/t13-/m0/s1. The van der Waals surface area contributed by atoms with Gasteiger partial charge < -0.3 is 10.6 Å². The molecule has 2 N–H and O–H groups in total. The Hall–Kier alpha value is -2.62. The molecule has 0 bridgehead atoms. The lowest BCUT2D eigenvalue weighted by molar-refractivity contribution is -0.123. The van der Waals surface area contributed by atoms with Crippen LogP contribution in [-0.4, -0.2) is 18.4 Å². The lowest BCUT2D eigenvalue weighted by Crippen LogP contribution is -2.28. The second-order valence-corrected chi connectivity index (χ2v) is 5.98. The molecule has 1 aliphatic carbocycles. The molecule has 0 saturated carbocycles. The van der Waals surface area contributed by atoms with E-state index in [1.165, 1.54) is 22.3 Å². The topological polar surface area (TPSA) is 63.4 Å². The van der Waals surface area contributed by atoms with E-state index >= 15 is 0 Å². The van der Waals surface area contributed by atoms with Crippen LogP contribution in [0.25, 0.3) is 11.1 Å². The number of anilines is 1. The molecule has 0 radical (unpaired) electrons. The van der Waals surface area contributed by atoms with Gasteiger partial charge >= 0.3 is 0 Å². The minimum Gasteiger partial charge on any atom is -0.369 e. The van der Waals surface area contributed by atoms with Crippen molar-refractivity contribution in [2.45, 2.75) is 12.8 Å². The van der Waals surface area contributed by atoms with Gasteiger partial charge in [-0.3, -0.25) is 9.59 Å². The summed E-state index contributed by atoms with van der Waals surface area (Å²) in [5.74, 6) is -0.804. The highest BCUT2D eigenvalue weighted by Crippen LogP contribution is 2.39. The van der Waals surface area contributed by atoms with Crippen LogP contribution in [0, 0.1) is 5.92 Å². The van der Waals surface area contributed by atoms with Gasteiger partial charge in [-0.05, 0) is 40.8 Å². The highest BCUT2D eigenvalue weighted by atomic mass is 16.2. The summed E-state index contributed by atoms with van der Waals surface area (Å²) in [6, 6.07) is 14.5. The molecule has 2 aromatic carbocycles. The van der Waals surface area contributed by atoms with Crippen LogP contribution in [0.3, 0.4) is 0 Å². The first-order valence-electron chi connectivity index (χ1n) is 7.44. The molecule has 0 spiro atoms. The first-order valence-corrected chi connectivity index (χ1v) is 7.44. The van der Waals surface area contributed by atoms with Gasteiger partial charge in [0.2, 0.25) is 11.8 Å². The van der Waals surface area contributed by atoms with Crippen LogP contribution in [0.2, 0.25) is 0 Å². The van der Waals surface area contributed by atoms with Gasteiger partial charge in [-0.15, -0.1) is 0 Å². The van der Waals surface area contributed by atoms with E-state index in [0.29, 0.717) is 6.54 Å². The molecule has 1 saturated heterocycles. The average molecular weight is 292 g/mol. The summed E-state index contributed by atoms with van der Waals surface area (Å²) in [5, 5.41) is 0. The van der Waals surface area contributed by atoms with Crippen molar-refractivity contribution in [2.24, 2.45) is 11.7 Å².